The molecule has 3 nitrogen and oxygen atoms in total. The normalized spacial score (nSPS) is 12.7. The molecule has 0 aliphatic carbocycles. The summed E-state index contributed by atoms with van der Waals surface area (Å²) < 4.78 is 6.36. The van der Waals surface area contributed by atoms with Crippen molar-refractivity contribution in [2.45, 2.75) is 40.3 Å². The van der Waals surface area contributed by atoms with Crippen molar-refractivity contribution in [3.8, 4) is 0 Å². The minimum absolute atomic E-state index is 0.228. The minimum atomic E-state index is 0.228. The van der Waals surface area contributed by atoms with Gasteiger partial charge in [-0.1, -0.05) is 33.2 Å². The van der Waals surface area contributed by atoms with Crippen LogP contribution in [-0.4, -0.2) is 5.16 Å². The molecule has 2 aromatic rings. The lowest BCUT2D eigenvalue weighted by Gasteiger charge is -2.14. The molecule has 0 spiro atoms. The molecule has 0 aliphatic rings. The van der Waals surface area contributed by atoms with Gasteiger partial charge in [-0.05, 0) is 44.9 Å². The molecule has 0 saturated carbocycles. The largest absolute Gasteiger partial charge is 0.361 e. The second-order valence-electron chi connectivity index (χ2n) is 4.92. The number of rotatable bonds is 4. The Balaban J connectivity index is 2.04. The molecular formula is C15H19BrN2O. The fourth-order valence-corrected chi connectivity index (χ4v) is 2.65. The first-order valence-electron chi connectivity index (χ1n) is 6.40. The van der Waals surface area contributed by atoms with Gasteiger partial charge in [0.1, 0.15) is 5.76 Å². The summed E-state index contributed by atoms with van der Waals surface area (Å²) in [4.78, 5) is 0. The summed E-state index contributed by atoms with van der Waals surface area (Å²) in [5.74, 6) is 0.891. The molecule has 1 atom stereocenters. The van der Waals surface area contributed by atoms with Gasteiger partial charge in [0.05, 0.1) is 5.69 Å². The van der Waals surface area contributed by atoms with E-state index in [0.29, 0.717) is 0 Å². The average molecular weight is 323 g/mol. The number of hydrogen-bond acceptors (Lipinski definition) is 3. The lowest BCUT2D eigenvalue weighted by molar-refractivity contribution is 0.390. The summed E-state index contributed by atoms with van der Waals surface area (Å²) in [5.41, 5.74) is 4.63. The third-order valence-corrected chi connectivity index (χ3v) is 4.22. The highest BCUT2D eigenvalue weighted by Crippen LogP contribution is 2.22. The van der Waals surface area contributed by atoms with Gasteiger partial charge < -0.3 is 9.84 Å². The van der Waals surface area contributed by atoms with Crippen LogP contribution in [0.15, 0.2) is 27.2 Å². The van der Waals surface area contributed by atoms with Gasteiger partial charge >= 0.3 is 0 Å². The molecule has 0 amide bonds. The van der Waals surface area contributed by atoms with E-state index in [1.54, 1.807) is 0 Å². The van der Waals surface area contributed by atoms with Crippen molar-refractivity contribution >= 4 is 15.9 Å². The van der Waals surface area contributed by atoms with Crippen molar-refractivity contribution < 1.29 is 4.52 Å². The van der Waals surface area contributed by atoms with Gasteiger partial charge in [-0.15, -0.1) is 0 Å². The third-order valence-electron chi connectivity index (χ3n) is 3.37. The molecule has 102 valence electrons. The van der Waals surface area contributed by atoms with Crippen LogP contribution < -0.4 is 5.32 Å². The monoisotopic (exact) mass is 322 g/mol. The Kier molecular flexibility index (Phi) is 4.42. The number of benzene rings is 1. The lowest BCUT2D eigenvalue weighted by atomic mass is 10.1. The summed E-state index contributed by atoms with van der Waals surface area (Å²) >= 11 is 3.56. The van der Waals surface area contributed by atoms with E-state index in [2.05, 4.69) is 58.4 Å². The van der Waals surface area contributed by atoms with Crippen LogP contribution in [0.5, 0.6) is 0 Å². The molecule has 4 heteroatoms. The maximum atomic E-state index is 5.21. The fraction of sp³-hybridized carbons (Fsp3) is 0.400. The number of nitrogens with zero attached hydrogens (tertiary/aromatic N) is 1. The highest BCUT2D eigenvalue weighted by Gasteiger charge is 2.15. The van der Waals surface area contributed by atoms with Crippen molar-refractivity contribution in [1.29, 1.82) is 0 Å². The SMILES string of the molecule is Cc1ccc(CNC(C)c2c(C)noc2C)cc1Br. The maximum Gasteiger partial charge on any atom is 0.138 e. The van der Waals surface area contributed by atoms with E-state index in [-0.39, 0.29) is 6.04 Å². The Morgan fingerprint density at radius 1 is 1.32 bits per heavy atom. The zero-order valence-corrected chi connectivity index (χ0v) is 13.3. The van der Waals surface area contributed by atoms with Gasteiger partial charge in [0.15, 0.2) is 0 Å². The van der Waals surface area contributed by atoms with Crippen LogP contribution in [0.4, 0.5) is 0 Å². The number of aryl methyl sites for hydroxylation is 3. The van der Waals surface area contributed by atoms with Crippen LogP contribution in [0.1, 0.15) is 41.1 Å². The van der Waals surface area contributed by atoms with Gasteiger partial charge in [0.25, 0.3) is 0 Å². The van der Waals surface area contributed by atoms with Gasteiger partial charge in [-0.2, -0.15) is 0 Å². The van der Waals surface area contributed by atoms with E-state index < -0.39 is 0 Å². The summed E-state index contributed by atoms with van der Waals surface area (Å²) in [7, 11) is 0. The molecule has 0 fully saturated rings. The zero-order chi connectivity index (χ0) is 14.0. The Hall–Kier alpha value is -1.13. The van der Waals surface area contributed by atoms with Crippen molar-refractivity contribution in [2.75, 3.05) is 0 Å². The Bertz CT molecular complexity index is 558. The van der Waals surface area contributed by atoms with E-state index >= 15 is 0 Å². The predicted octanol–water partition coefficient (Wildman–Crippen LogP) is 4.21. The molecule has 0 radical (unpaired) electrons. The number of aromatic nitrogens is 1. The summed E-state index contributed by atoms with van der Waals surface area (Å²) in [6, 6.07) is 6.66. The topological polar surface area (TPSA) is 38.1 Å². The van der Waals surface area contributed by atoms with Gasteiger partial charge in [-0.25, -0.2) is 0 Å². The van der Waals surface area contributed by atoms with Gasteiger partial charge in [-0.3, -0.25) is 0 Å². The van der Waals surface area contributed by atoms with Crippen LogP contribution in [0.25, 0.3) is 0 Å². The minimum Gasteiger partial charge on any atom is -0.361 e. The van der Waals surface area contributed by atoms with E-state index in [4.69, 9.17) is 4.52 Å². The Labute approximate surface area is 122 Å². The molecule has 1 N–H and O–H groups in total. The first-order chi connectivity index (χ1) is 8.99. The third kappa shape index (κ3) is 3.25. The van der Waals surface area contributed by atoms with Crippen molar-refractivity contribution in [2.24, 2.45) is 0 Å². The average Bonchev–Trinajstić information content (AvgIpc) is 2.70. The molecule has 0 bridgehead atoms. The molecule has 0 aliphatic heterocycles. The van der Waals surface area contributed by atoms with Crippen LogP contribution >= 0.6 is 15.9 Å². The molecule has 1 aromatic heterocycles. The lowest BCUT2D eigenvalue weighted by Crippen LogP contribution is -2.19. The van der Waals surface area contributed by atoms with E-state index in [1.165, 1.54) is 11.1 Å². The van der Waals surface area contributed by atoms with Crippen LogP contribution in [0.2, 0.25) is 0 Å². The molecule has 1 unspecified atom stereocenters. The van der Waals surface area contributed by atoms with Gasteiger partial charge in [0, 0.05) is 22.6 Å². The van der Waals surface area contributed by atoms with Crippen LogP contribution in [-0.2, 0) is 6.54 Å². The van der Waals surface area contributed by atoms with E-state index in [9.17, 15) is 0 Å². The molecular weight excluding hydrogens is 304 g/mol. The second-order valence-corrected chi connectivity index (χ2v) is 5.78. The molecule has 19 heavy (non-hydrogen) atoms. The molecule has 1 aromatic carbocycles. The second kappa shape index (κ2) is 5.88. The smallest absolute Gasteiger partial charge is 0.138 e. The van der Waals surface area contributed by atoms with Crippen molar-refractivity contribution in [3.63, 3.8) is 0 Å². The van der Waals surface area contributed by atoms with E-state index in [0.717, 1.165) is 28.0 Å². The predicted molar refractivity (Wildman–Crippen MR) is 80.1 cm³/mol. The molecule has 2 rings (SSSR count). The zero-order valence-electron chi connectivity index (χ0n) is 11.7. The summed E-state index contributed by atoms with van der Waals surface area (Å²) in [6.45, 7) is 8.98. The highest BCUT2D eigenvalue weighted by molar-refractivity contribution is 9.10. The Morgan fingerprint density at radius 2 is 2.05 bits per heavy atom. The number of hydrogen-bond donors (Lipinski definition) is 1. The number of nitrogens with one attached hydrogen (secondary N) is 1. The molecule has 0 saturated heterocycles. The van der Waals surface area contributed by atoms with Crippen molar-refractivity contribution in [1.82, 2.24) is 10.5 Å². The van der Waals surface area contributed by atoms with Crippen LogP contribution in [0, 0.1) is 20.8 Å². The maximum absolute atomic E-state index is 5.21. The summed E-state index contributed by atoms with van der Waals surface area (Å²) in [6.07, 6.45) is 0. The first-order valence-corrected chi connectivity index (χ1v) is 7.19. The highest BCUT2D eigenvalue weighted by atomic mass is 79.9. The van der Waals surface area contributed by atoms with Crippen molar-refractivity contribution in [3.05, 3.63) is 50.8 Å². The quantitative estimate of drug-likeness (QED) is 0.916. The molecule has 1 heterocycles. The standard InChI is InChI=1S/C15H19BrN2O/c1-9-5-6-13(7-14(9)16)8-17-10(2)15-11(3)18-19-12(15)4/h5-7,10,17H,8H2,1-4H3. The van der Waals surface area contributed by atoms with Crippen LogP contribution in [0.3, 0.4) is 0 Å². The fourth-order valence-electron chi connectivity index (χ4n) is 2.23. The summed E-state index contributed by atoms with van der Waals surface area (Å²) in [5, 5.41) is 7.50. The van der Waals surface area contributed by atoms with E-state index in [1.807, 2.05) is 13.8 Å². The van der Waals surface area contributed by atoms with Gasteiger partial charge in [0.2, 0.25) is 0 Å². The Morgan fingerprint density at radius 3 is 2.63 bits per heavy atom. The first kappa shape index (κ1) is 14.3. The number of halogens is 1.